The summed E-state index contributed by atoms with van der Waals surface area (Å²) in [7, 11) is 0. The van der Waals surface area contributed by atoms with Crippen LogP contribution in [-0.2, 0) is 4.79 Å². The molecule has 2 aromatic carbocycles. The van der Waals surface area contributed by atoms with Gasteiger partial charge in [-0.25, -0.2) is 4.79 Å². The average Bonchev–Trinajstić information content (AvgIpc) is 2.63. The van der Waals surface area contributed by atoms with E-state index in [0.717, 1.165) is 11.1 Å². The molecule has 0 radical (unpaired) electrons. The fourth-order valence-corrected chi connectivity index (χ4v) is 2.61. The van der Waals surface area contributed by atoms with Gasteiger partial charge >= 0.3 is 6.03 Å². The van der Waals surface area contributed by atoms with Crippen molar-refractivity contribution in [1.29, 1.82) is 0 Å². The molecular formula is C21H24N2O2. The Morgan fingerprint density at radius 3 is 1.88 bits per heavy atom. The van der Waals surface area contributed by atoms with Crippen LogP contribution in [0, 0.1) is 0 Å². The van der Waals surface area contributed by atoms with Gasteiger partial charge in [0.25, 0.3) is 5.91 Å². The van der Waals surface area contributed by atoms with Gasteiger partial charge in [0.1, 0.15) is 0 Å². The fraction of sp³-hybridized carbons (Fsp3) is 0.238. The highest BCUT2D eigenvalue weighted by Crippen LogP contribution is 2.23. The fourth-order valence-electron chi connectivity index (χ4n) is 2.61. The standard InChI is InChI=1S/C21H24N2O2/c1-15(2)20(24)23(17(4)19-13-9-6-10-14-19)21(25)22-16(3)18-11-7-5-8-12-18/h5-14,16-17H,1H2,2-4H3,(H,22,25)/t16-,17-/m0/s1. The number of rotatable bonds is 5. The number of hydrogen-bond donors (Lipinski definition) is 1. The van der Waals surface area contributed by atoms with Gasteiger partial charge in [-0.1, -0.05) is 67.2 Å². The van der Waals surface area contributed by atoms with E-state index < -0.39 is 12.1 Å². The van der Waals surface area contributed by atoms with Crippen LogP contribution >= 0.6 is 0 Å². The first-order chi connectivity index (χ1) is 11.9. The molecule has 3 amide bonds. The number of urea groups is 1. The van der Waals surface area contributed by atoms with E-state index in [4.69, 9.17) is 0 Å². The molecule has 0 aromatic heterocycles. The van der Waals surface area contributed by atoms with E-state index in [1.165, 1.54) is 4.90 Å². The Morgan fingerprint density at radius 1 is 0.920 bits per heavy atom. The molecule has 0 unspecified atom stereocenters. The summed E-state index contributed by atoms with van der Waals surface area (Å²) in [4.78, 5) is 26.7. The van der Waals surface area contributed by atoms with Crippen molar-refractivity contribution < 1.29 is 9.59 Å². The summed E-state index contributed by atoms with van der Waals surface area (Å²) >= 11 is 0. The maximum Gasteiger partial charge on any atom is 0.325 e. The van der Waals surface area contributed by atoms with Crippen LogP contribution in [0.25, 0.3) is 0 Å². The van der Waals surface area contributed by atoms with E-state index in [2.05, 4.69) is 11.9 Å². The van der Waals surface area contributed by atoms with Crippen molar-refractivity contribution in [2.45, 2.75) is 32.9 Å². The van der Waals surface area contributed by atoms with E-state index in [-0.39, 0.29) is 11.9 Å². The monoisotopic (exact) mass is 336 g/mol. The first-order valence-electron chi connectivity index (χ1n) is 8.31. The van der Waals surface area contributed by atoms with E-state index in [1.54, 1.807) is 6.92 Å². The SMILES string of the molecule is C=C(C)C(=O)N(C(=O)N[C@@H](C)c1ccccc1)[C@@H](C)c1ccccc1. The first-order valence-corrected chi connectivity index (χ1v) is 8.31. The number of hydrogen-bond acceptors (Lipinski definition) is 2. The van der Waals surface area contributed by atoms with Gasteiger partial charge < -0.3 is 5.32 Å². The van der Waals surface area contributed by atoms with Crippen molar-refractivity contribution in [3.63, 3.8) is 0 Å². The molecule has 1 N–H and O–H groups in total. The van der Waals surface area contributed by atoms with Gasteiger partial charge in [-0.3, -0.25) is 9.69 Å². The largest absolute Gasteiger partial charge is 0.331 e. The highest BCUT2D eigenvalue weighted by Gasteiger charge is 2.29. The summed E-state index contributed by atoms with van der Waals surface area (Å²) in [6.45, 7) is 9.04. The highest BCUT2D eigenvalue weighted by atomic mass is 16.2. The van der Waals surface area contributed by atoms with Crippen molar-refractivity contribution in [1.82, 2.24) is 10.2 Å². The zero-order valence-electron chi connectivity index (χ0n) is 14.9. The predicted octanol–water partition coefficient (Wildman–Crippen LogP) is 4.62. The van der Waals surface area contributed by atoms with Crippen molar-refractivity contribution in [3.05, 3.63) is 83.9 Å². The van der Waals surface area contributed by atoms with Crippen LogP contribution in [0.1, 0.15) is 44.0 Å². The summed E-state index contributed by atoms with van der Waals surface area (Å²) in [6, 6.07) is 18.1. The summed E-state index contributed by atoms with van der Waals surface area (Å²) in [5, 5.41) is 2.91. The molecule has 4 nitrogen and oxygen atoms in total. The van der Waals surface area contributed by atoms with Crippen LogP contribution in [-0.4, -0.2) is 16.8 Å². The van der Waals surface area contributed by atoms with Gasteiger partial charge in [0.05, 0.1) is 12.1 Å². The van der Waals surface area contributed by atoms with Crippen molar-refractivity contribution in [3.8, 4) is 0 Å². The molecule has 0 aliphatic heterocycles. The van der Waals surface area contributed by atoms with Crippen LogP contribution in [0.15, 0.2) is 72.8 Å². The Kier molecular flexibility index (Phi) is 6.12. The number of amides is 3. The number of benzene rings is 2. The van der Waals surface area contributed by atoms with Gasteiger partial charge in [-0.15, -0.1) is 0 Å². The molecule has 4 heteroatoms. The number of nitrogens with zero attached hydrogens (tertiary/aromatic N) is 1. The van der Waals surface area contributed by atoms with Gasteiger partial charge in [-0.2, -0.15) is 0 Å². The summed E-state index contributed by atoms with van der Waals surface area (Å²) in [6.07, 6.45) is 0. The molecule has 0 spiro atoms. The number of imide groups is 1. The molecule has 0 fully saturated rings. The normalized spacial score (nSPS) is 12.8. The Bertz CT molecular complexity index is 741. The second kappa shape index (κ2) is 8.29. The zero-order valence-corrected chi connectivity index (χ0v) is 14.9. The molecule has 0 bridgehead atoms. The minimum Gasteiger partial charge on any atom is -0.331 e. The molecular weight excluding hydrogens is 312 g/mol. The molecule has 25 heavy (non-hydrogen) atoms. The number of nitrogens with one attached hydrogen (secondary N) is 1. The molecule has 0 aliphatic carbocycles. The van der Waals surface area contributed by atoms with Crippen LogP contribution < -0.4 is 5.32 Å². The molecule has 2 atom stereocenters. The third kappa shape index (κ3) is 4.57. The molecule has 2 aromatic rings. The lowest BCUT2D eigenvalue weighted by Gasteiger charge is -2.29. The molecule has 2 rings (SSSR count). The summed E-state index contributed by atoms with van der Waals surface area (Å²) < 4.78 is 0. The van der Waals surface area contributed by atoms with Gasteiger partial charge in [0.2, 0.25) is 0 Å². The lowest BCUT2D eigenvalue weighted by atomic mass is 10.1. The van der Waals surface area contributed by atoms with E-state index >= 15 is 0 Å². The van der Waals surface area contributed by atoms with Crippen LogP contribution in [0.3, 0.4) is 0 Å². The van der Waals surface area contributed by atoms with E-state index in [1.807, 2.05) is 74.5 Å². The second-order valence-corrected chi connectivity index (χ2v) is 6.12. The van der Waals surface area contributed by atoms with Crippen molar-refractivity contribution in [2.75, 3.05) is 0 Å². The molecule has 0 saturated carbocycles. The minimum absolute atomic E-state index is 0.211. The van der Waals surface area contributed by atoms with Gasteiger partial charge in [0, 0.05) is 5.57 Å². The molecule has 0 saturated heterocycles. The van der Waals surface area contributed by atoms with Crippen LogP contribution in [0.4, 0.5) is 4.79 Å². The summed E-state index contributed by atoms with van der Waals surface area (Å²) in [5.41, 5.74) is 2.19. The smallest absolute Gasteiger partial charge is 0.325 e. The Balaban J connectivity index is 2.24. The van der Waals surface area contributed by atoms with Crippen LogP contribution in [0.5, 0.6) is 0 Å². The summed E-state index contributed by atoms with van der Waals surface area (Å²) in [5.74, 6) is -0.380. The minimum atomic E-state index is -0.430. The maximum atomic E-state index is 12.8. The lowest BCUT2D eigenvalue weighted by Crippen LogP contribution is -2.46. The number of carbonyl (C=O) groups is 2. The Labute approximate surface area is 149 Å². The van der Waals surface area contributed by atoms with Crippen molar-refractivity contribution >= 4 is 11.9 Å². The average molecular weight is 336 g/mol. The highest BCUT2D eigenvalue weighted by molar-refractivity contribution is 6.03. The first kappa shape index (κ1) is 18.5. The predicted molar refractivity (Wildman–Crippen MR) is 99.9 cm³/mol. The molecule has 130 valence electrons. The van der Waals surface area contributed by atoms with Crippen molar-refractivity contribution in [2.24, 2.45) is 0 Å². The quantitative estimate of drug-likeness (QED) is 0.810. The van der Waals surface area contributed by atoms with E-state index in [0.29, 0.717) is 5.57 Å². The molecule has 0 aliphatic rings. The zero-order chi connectivity index (χ0) is 18.4. The maximum absolute atomic E-state index is 12.8. The Morgan fingerprint density at radius 2 is 1.40 bits per heavy atom. The van der Waals surface area contributed by atoms with Gasteiger partial charge in [-0.05, 0) is 31.9 Å². The van der Waals surface area contributed by atoms with Gasteiger partial charge in [0.15, 0.2) is 0 Å². The topological polar surface area (TPSA) is 49.4 Å². The third-order valence-corrected chi connectivity index (χ3v) is 4.11. The number of carbonyl (C=O) groups excluding carboxylic acids is 2. The lowest BCUT2D eigenvalue weighted by molar-refractivity contribution is -0.125. The van der Waals surface area contributed by atoms with Crippen LogP contribution in [0.2, 0.25) is 0 Å². The van der Waals surface area contributed by atoms with E-state index in [9.17, 15) is 9.59 Å². The molecule has 0 heterocycles. The second-order valence-electron chi connectivity index (χ2n) is 6.12. The third-order valence-electron chi connectivity index (χ3n) is 4.11. The Hall–Kier alpha value is -2.88.